The van der Waals surface area contributed by atoms with Gasteiger partial charge in [0.05, 0.1) is 21.3 Å². The number of rotatable bonds is 5. The van der Waals surface area contributed by atoms with Crippen molar-refractivity contribution in [1.29, 1.82) is 0 Å². The van der Waals surface area contributed by atoms with Gasteiger partial charge in [-0.1, -0.05) is 29.8 Å². The SMILES string of the molecule is COc1cc(C(=O)N2CCNC(=O)C2c2ccccc2Cl)cc(OC)c1OC. The molecule has 7 nitrogen and oxygen atoms in total. The molecular formula is C20H21ClN2O5. The third-order valence-electron chi connectivity index (χ3n) is 4.58. The summed E-state index contributed by atoms with van der Waals surface area (Å²) in [5, 5.41) is 3.22. The van der Waals surface area contributed by atoms with Crippen LogP contribution in [0.4, 0.5) is 0 Å². The number of amides is 2. The molecule has 1 N–H and O–H groups in total. The Hall–Kier alpha value is -2.93. The highest BCUT2D eigenvalue weighted by Gasteiger charge is 2.36. The van der Waals surface area contributed by atoms with E-state index in [-0.39, 0.29) is 11.8 Å². The van der Waals surface area contributed by atoms with Crippen molar-refractivity contribution >= 4 is 23.4 Å². The van der Waals surface area contributed by atoms with Gasteiger partial charge in [0, 0.05) is 29.2 Å². The lowest BCUT2D eigenvalue weighted by Crippen LogP contribution is -2.52. The monoisotopic (exact) mass is 404 g/mol. The van der Waals surface area contributed by atoms with E-state index in [1.807, 2.05) is 0 Å². The summed E-state index contributed by atoms with van der Waals surface area (Å²) in [7, 11) is 4.45. The summed E-state index contributed by atoms with van der Waals surface area (Å²) >= 11 is 6.30. The lowest BCUT2D eigenvalue weighted by molar-refractivity contribution is -0.128. The second kappa shape index (κ2) is 8.39. The van der Waals surface area contributed by atoms with Crippen LogP contribution in [0.15, 0.2) is 36.4 Å². The summed E-state index contributed by atoms with van der Waals surface area (Å²) in [5.41, 5.74) is 0.892. The minimum Gasteiger partial charge on any atom is -0.493 e. The summed E-state index contributed by atoms with van der Waals surface area (Å²) in [6, 6.07) is 9.31. The third kappa shape index (κ3) is 3.57. The molecule has 1 aliphatic heterocycles. The molecule has 0 bridgehead atoms. The maximum atomic E-state index is 13.3. The Morgan fingerprint density at radius 2 is 1.75 bits per heavy atom. The Labute approximate surface area is 168 Å². The van der Waals surface area contributed by atoms with Crippen molar-refractivity contribution in [3.05, 3.63) is 52.5 Å². The Bertz CT molecular complexity index is 877. The van der Waals surface area contributed by atoms with Crippen LogP contribution in [0.5, 0.6) is 17.2 Å². The number of benzene rings is 2. The molecule has 2 amide bonds. The highest BCUT2D eigenvalue weighted by molar-refractivity contribution is 6.31. The molecule has 2 aromatic carbocycles. The number of ether oxygens (including phenoxy) is 3. The van der Waals surface area contributed by atoms with Gasteiger partial charge in [0.25, 0.3) is 5.91 Å². The predicted molar refractivity (Wildman–Crippen MR) is 104 cm³/mol. The fourth-order valence-electron chi connectivity index (χ4n) is 3.26. The first-order valence-corrected chi connectivity index (χ1v) is 9.02. The van der Waals surface area contributed by atoms with Crippen LogP contribution in [-0.4, -0.2) is 51.1 Å². The Morgan fingerprint density at radius 3 is 2.32 bits per heavy atom. The molecular weight excluding hydrogens is 384 g/mol. The number of hydrogen-bond acceptors (Lipinski definition) is 5. The highest BCUT2D eigenvalue weighted by atomic mass is 35.5. The molecule has 0 saturated carbocycles. The smallest absolute Gasteiger partial charge is 0.255 e. The molecule has 0 spiro atoms. The van der Waals surface area contributed by atoms with Crippen LogP contribution in [0.3, 0.4) is 0 Å². The fourth-order valence-corrected chi connectivity index (χ4v) is 3.50. The summed E-state index contributed by atoms with van der Waals surface area (Å²) in [5.74, 6) is 0.502. The normalized spacial score (nSPS) is 16.4. The van der Waals surface area contributed by atoms with E-state index < -0.39 is 6.04 Å². The average molecular weight is 405 g/mol. The zero-order valence-electron chi connectivity index (χ0n) is 15.8. The topological polar surface area (TPSA) is 77.1 Å². The number of hydrogen-bond donors (Lipinski definition) is 1. The first-order chi connectivity index (χ1) is 13.5. The van der Waals surface area contributed by atoms with Gasteiger partial charge in [0.2, 0.25) is 11.7 Å². The van der Waals surface area contributed by atoms with Gasteiger partial charge in [0.15, 0.2) is 11.5 Å². The van der Waals surface area contributed by atoms with Crippen LogP contribution in [0, 0.1) is 0 Å². The molecule has 1 atom stereocenters. The molecule has 1 aliphatic rings. The lowest BCUT2D eigenvalue weighted by Gasteiger charge is -2.35. The van der Waals surface area contributed by atoms with Gasteiger partial charge < -0.3 is 24.4 Å². The highest BCUT2D eigenvalue weighted by Crippen LogP contribution is 2.39. The molecule has 8 heteroatoms. The molecule has 1 fully saturated rings. The van der Waals surface area contributed by atoms with E-state index in [0.717, 1.165) is 0 Å². The van der Waals surface area contributed by atoms with E-state index in [4.69, 9.17) is 25.8 Å². The standard InChI is InChI=1S/C20H21ClN2O5/c1-26-15-10-12(11-16(27-2)18(15)28-3)20(25)23-9-8-22-19(24)17(23)13-6-4-5-7-14(13)21/h4-7,10-11,17H,8-9H2,1-3H3,(H,22,24). The van der Waals surface area contributed by atoms with Gasteiger partial charge in [-0.2, -0.15) is 0 Å². The van der Waals surface area contributed by atoms with E-state index in [0.29, 0.717) is 46.5 Å². The number of carbonyl (C=O) groups excluding carboxylic acids is 2. The van der Waals surface area contributed by atoms with Crippen molar-refractivity contribution in [1.82, 2.24) is 10.2 Å². The minimum atomic E-state index is -0.825. The number of carbonyl (C=O) groups is 2. The molecule has 3 rings (SSSR count). The van der Waals surface area contributed by atoms with Gasteiger partial charge in [-0.25, -0.2) is 0 Å². The summed E-state index contributed by atoms with van der Waals surface area (Å²) in [4.78, 5) is 27.4. The molecule has 1 heterocycles. The molecule has 1 saturated heterocycles. The number of nitrogens with zero attached hydrogens (tertiary/aromatic N) is 1. The van der Waals surface area contributed by atoms with E-state index in [1.54, 1.807) is 36.4 Å². The number of methoxy groups -OCH3 is 3. The second-order valence-corrected chi connectivity index (χ2v) is 6.53. The van der Waals surface area contributed by atoms with E-state index in [9.17, 15) is 9.59 Å². The molecule has 2 aromatic rings. The Kier molecular flexibility index (Phi) is 5.94. The first-order valence-electron chi connectivity index (χ1n) is 8.65. The number of piperazine rings is 1. The number of nitrogens with one attached hydrogen (secondary N) is 1. The van der Waals surface area contributed by atoms with Crippen molar-refractivity contribution in [3.63, 3.8) is 0 Å². The number of halogens is 1. The molecule has 148 valence electrons. The van der Waals surface area contributed by atoms with Crippen molar-refractivity contribution in [2.75, 3.05) is 34.4 Å². The van der Waals surface area contributed by atoms with E-state index in [2.05, 4.69) is 5.32 Å². The Morgan fingerprint density at radius 1 is 1.11 bits per heavy atom. The summed E-state index contributed by atoms with van der Waals surface area (Å²) in [6.07, 6.45) is 0. The average Bonchev–Trinajstić information content (AvgIpc) is 2.72. The Balaban J connectivity index is 2.05. The quantitative estimate of drug-likeness (QED) is 0.829. The molecule has 0 radical (unpaired) electrons. The predicted octanol–water partition coefficient (Wildman–Crippen LogP) is 2.68. The van der Waals surface area contributed by atoms with E-state index in [1.165, 1.54) is 26.2 Å². The van der Waals surface area contributed by atoms with Crippen LogP contribution < -0.4 is 19.5 Å². The molecule has 28 heavy (non-hydrogen) atoms. The molecule has 0 aromatic heterocycles. The maximum absolute atomic E-state index is 13.3. The van der Waals surface area contributed by atoms with Crippen molar-refractivity contribution in [2.24, 2.45) is 0 Å². The zero-order valence-corrected chi connectivity index (χ0v) is 16.6. The van der Waals surface area contributed by atoms with Gasteiger partial charge in [-0.15, -0.1) is 0 Å². The van der Waals surface area contributed by atoms with Gasteiger partial charge >= 0.3 is 0 Å². The molecule has 0 aliphatic carbocycles. The largest absolute Gasteiger partial charge is 0.493 e. The second-order valence-electron chi connectivity index (χ2n) is 6.13. The van der Waals surface area contributed by atoms with E-state index >= 15 is 0 Å². The van der Waals surface area contributed by atoms with Crippen LogP contribution in [0.2, 0.25) is 5.02 Å². The van der Waals surface area contributed by atoms with Gasteiger partial charge in [0.1, 0.15) is 6.04 Å². The van der Waals surface area contributed by atoms with Gasteiger partial charge in [-0.3, -0.25) is 9.59 Å². The summed E-state index contributed by atoms with van der Waals surface area (Å²) < 4.78 is 16.0. The van der Waals surface area contributed by atoms with Crippen LogP contribution >= 0.6 is 11.6 Å². The van der Waals surface area contributed by atoms with Gasteiger partial charge in [-0.05, 0) is 18.2 Å². The van der Waals surface area contributed by atoms with Crippen LogP contribution in [0.25, 0.3) is 0 Å². The van der Waals surface area contributed by atoms with Crippen LogP contribution in [0.1, 0.15) is 22.0 Å². The lowest BCUT2D eigenvalue weighted by atomic mass is 10.0. The fraction of sp³-hybridized carbons (Fsp3) is 0.300. The maximum Gasteiger partial charge on any atom is 0.255 e. The van der Waals surface area contributed by atoms with Crippen molar-refractivity contribution < 1.29 is 23.8 Å². The third-order valence-corrected chi connectivity index (χ3v) is 4.93. The zero-order chi connectivity index (χ0) is 20.3. The van der Waals surface area contributed by atoms with Crippen LogP contribution in [-0.2, 0) is 4.79 Å². The van der Waals surface area contributed by atoms with Crippen molar-refractivity contribution in [2.45, 2.75) is 6.04 Å². The summed E-state index contributed by atoms with van der Waals surface area (Å²) in [6.45, 7) is 0.701. The molecule has 1 unspecified atom stereocenters. The van der Waals surface area contributed by atoms with Crippen molar-refractivity contribution in [3.8, 4) is 17.2 Å². The minimum absolute atomic E-state index is 0.278. The first kappa shape index (κ1) is 19.8.